The van der Waals surface area contributed by atoms with Crippen LogP contribution < -0.4 is 4.74 Å². The first-order chi connectivity index (χ1) is 8.75. The number of halogens is 1. The highest BCUT2D eigenvalue weighted by atomic mass is 35.5. The van der Waals surface area contributed by atoms with Gasteiger partial charge in [-0.1, -0.05) is 41.9 Å². The SMILES string of the molecule is OC(CCOc1ccc(Cl)cc1)c1ccccc1. The minimum atomic E-state index is -0.487. The van der Waals surface area contributed by atoms with Gasteiger partial charge in [0.1, 0.15) is 5.75 Å². The van der Waals surface area contributed by atoms with Crippen molar-refractivity contribution in [2.24, 2.45) is 0 Å². The van der Waals surface area contributed by atoms with Crippen LogP contribution in [0.5, 0.6) is 5.75 Å². The number of rotatable bonds is 5. The third-order valence-electron chi connectivity index (χ3n) is 2.66. The molecule has 18 heavy (non-hydrogen) atoms. The van der Waals surface area contributed by atoms with E-state index in [1.807, 2.05) is 42.5 Å². The Balaban J connectivity index is 1.80. The minimum absolute atomic E-state index is 0.470. The molecule has 0 spiro atoms. The molecule has 0 aliphatic rings. The molecular formula is C15H15ClO2. The summed E-state index contributed by atoms with van der Waals surface area (Å²) >= 11 is 5.78. The first-order valence-electron chi connectivity index (χ1n) is 5.87. The van der Waals surface area contributed by atoms with Crippen molar-refractivity contribution in [2.75, 3.05) is 6.61 Å². The van der Waals surface area contributed by atoms with Crippen LogP contribution in [-0.4, -0.2) is 11.7 Å². The van der Waals surface area contributed by atoms with E-state index in [0.717, 1.165) is 11.3 Å². The van der Waals surface area contributed by atoms with Crippen LogP contribution >= 0.6 is 11.6 Å². The highest BCUT2D eigenvalue weighted by Gasteiger charge is 2.06. The van der Waals surface area contributed by atoms with Gasteiger partial charge < -0.3 is 9.84 Å². The van der Waals surface area contributed by atoms with E-state index in [1.54, 1.807) is 12.1 Å². The third-order valence-corrected chi connectivity index (χ3v) is 2.91. The molecule has 2 nitrogen and oxygen atoms in total. The lowest BCUT2D eigenvalue weighted by atomic mass is 10.1. The Morgan fingerprint density at radius 3 is 2.33 bits per heavy atom. The molecule has 0 aliphatic carbocycles. The Labute approximate surface area is 112 Å². The summed E-state index contributed by atoms with van der Waals surface area (Å²) in [5, 5.41) is 10.6. The van der Waals surface area contributed by atoms with E-state index in [4.69, 9.17) is 16.3 Å². The molecule has 0 radical (unpaired) electrons. The van der Waals surface area contributed by atoms with Gasteiger partial charge in [-0.15, -0.1) is 0 Å². The van der Waals surface area contributed by atoms with Gasteiger partial charge >= 0.3 is 0 Å². The van der Waals surface area contributed by atoms with Crippen molar-refractivity contribution in [3.8, 4) is 5.75 Å². The fraction of sp³-hybridized carbons (Fsp3) is 0.200. The number of hydrogen-bond donors (Lipinski definition) is 1. The molecule has 0 saturated heterocycles. The van der Waals surface area contributed by atoms with Gasteiger partial charge in [0.05, 0.1) is 12.7 Å². The molecule has 3 heteroatoms. The van der Waals surface area contributed by atoms with Gasteiger partial charge in [-0.05, 0) is 29.8 Å². The van der Waals surface area contributed by atoms with Crippen LogP contribution in [0.3, 0.4) is 0 Å². The van der Waals surface area contributed by atoms with Gasteiger partial charge in [-0.3, -0.25) is 0 Å². The van der Waals surface area contributed by atoms with Crippen LogP contribution in [-0.2, 0) is 0 Å². The first-order valence-corrected chi connectivity index (χ1v) is 6.25. The van der Waals surface area contributed by atoms with E-state index in [1.165, 1.54) is 0 Å². The minimum Gasteiger partial charge on any atom is -0.493 e. The molecule has 1 unspecified atom stereocenters. The molecule has 94 valence electrons. The quantitative estimate of drug-likeness (QED) is 0.887. The smallest absolute Gasteiger partial charge is 0.119 e. The van der Waals surface area contributed by atoms with Crippen molar-refractivity contribution in [1.29, 1.82) is 0 Å². The van der Waals surface area contributed by atoms with Crippen LogP contribution in [0.1, 0.15) is 18.1 Å². The second-order valence-corrected chi connectivity index (χ2v) is 4.45. The maximum Gasteiger partial charge on any atom is 0.119 e. The summed E-state index contributed by atoms with van der Waals surface area (Å²) in [5.41, 5.74) is 0.914. The Morgan fingerprint density at radius 1 is 1.00 bits per heavy atom. The molecule has 2 aromatic rings. The fourth-order valence-corrected chi connectivity index (χ4v) is 1.79. The molecule has 1 atom stereocenters. The number of aliphatic hydroxyl groups is 1. The van der Waals surface area contributed by atoms with Crippen LogP contribution in [0.2, 0.25) is 5.02 Å². The molecular weight excluding hydrogens is 248 g/mol. The second kappa shape index (κ2) is 6.43. The summed E-state index contributed by atoms with van der Waals surface area (Å²) in [7, 11) is 0. The fourth-order valence-electron chi connectivity index (χ4n) is 1.66. The molecule has 0 heterocycles. The predicted octanol–water partition coefficient (Wildman–Crippen LogP) is 3.84. The monoisotopic (exact) mass is 262 g/mol. The number of ether oxygens (including phenoxy) is 1. The number of aliphatic hydroxyl groups excluding tert-OH is 1. The zero-order valence-electron chi connectivity index (χ0n) is 9.92. The predicted molar refractivity (Wildman–Crippen MR) is 73.0 cm³/mol. The lowest BCUT2D eigenvalue weighted by Gasteiger charge is -2.11. The van der Waals surface area contributed by atoms with Crippen LogP contribution in [0.25, 0.3) is 0 Å². The molecule has 2 aromatic carbocycles. The summed E-state index contributed by atoms with van der Waals surface area (Å²) in [6.07, 6.45) is 0.0746. The average Bonchev–Trinajstić information content (AvgIpc) is 2.42. The lowest BCUT2D eigenvalue weighted by molar-refractivity contribution is 0.141. The number of hydrogen-bond acceptors (Lipinski definition) is 2. The maximum atomic E-state index is 9.94. The Hall–Kier alpha value is -1.51. The van der Waals surface area contributed by atoms with E-state index in [2.05, 4.69) is 0 Å². The topological polar surface area (TPSA) is 29.5 Å². The van der Waals surface area contributed by atoms with Crippen molar-refractivity contribution in [3.05, 3.63) is 65.2 Å². The maximum absolute atomic E-state index is 9.94. The summed E-state index contributed by atoms with van der Waals surface area (Å²) < 4.78 is 5.53. The summed E-state index contributed by atoms with van der Waals surface area (Å²) in [5.74, 6) is 0.764. The van der Waals surface area contributed by atoms with E-state index >= 15 is 0 Å². The van der Waals surface area contributed by atoms with Crippen LogP contribution in [0, 0.1) is 0 Å². The van der Waals surface area contributed by atoms with Crippen molar-refractivity contribution < 1.29 is 9.84 Å². The Bertz CT molecular complexity index is 468. The summed E-state index contributed by atoms with van der Waals surface area (Å²) in [4.78, 5) is 0. The average molecular weight is 263 g/mol. The summed E-state index contributed by atoms with van der Waals surface area (Å²) in [6, 6.07) is 16.8. The second-order valence-electron chi connectivity index (χ2n) is 4.02. The normalized spacial score (nSPS) is 12.1. The van der Waals surface area contributed by atoms with Gasteiger partial charge in [0.15, 0.2) is 0 Å². The molecule has 0 aromatic heterocycles. The van der Waals surface area contributed by atoms with Gasteiger partial charge in [0, 0.05) is 11.4 Å². The van der Waals surface area contributed by atoms with E-state index in [0.29, 0.717) is 18.1 Å². The Kier molecular flexibility index (Phi) is 4.62. The van der Waals surface area contributed by atoms with Crippen molar-refractivity contribution in [2.45, 2.75) is 12.5 Å². The third kappa shape index (κ3) is 3.76. The molecule has 1 N–H and O–H groups in total. The van der Waals surface area contributed by atoms with Gasteiger partial charge in [0.25, 0.3) is 0 Å². The highest BCUT2D eigenvalue weighted by Crippen LogP contribution is 2.18. The van der Waals surface area contributed by atoms with E-state index < -0.39 is 6.10 Å². The first kappa shape index (κ1) is 12.9. The lowest BCUT2D eigenvalue weighted by Crippen LogP contribution is -2.05. The largest absolute Gasteiger partial charge is 0.493 e. The van der Waals surface area contributed by atoms with E-state index in [-0.39, 0.29) is 0 Å². The zero-order valence-corrected chi connectivity index (χ0v) is 10.7. The van der Waals surface area contributed by atoms with Crippen molar-refractivity contribution >= 4 is 11.6 Å². The molecule has 0 saturated carbocycles. The standard InChI is InChI=1S/C15H15ClO2/c16-13-6-8-14(9-7-13)18-11-10-15(17)12-4-2-1-3-5-12/h1-9,15,17H,10-11H2. The van der Waals surface area contributed by atoms with Gasteiger partial charge in [0.2, 0.25) is 0 Å². The van der Waals surface area contributed by atoms with Gasteiger partial charge in [-0.2, -0.15) is 0 Å². The molecule has 0 fully saturated rings. The zero-order chi connectivity index (χ0) is 12.8. The Morgan fingerprint density at radius 2 is 1.67 bits per heavy atom. The highest BCUT2D eigenvalue weighted by molar-refractivity contribution is 6.30. The van der Waals surface area contributed by atoms with E-state index in [9.17, 15) is 5.11 Å². The van der Waals surface area contributed by atoms with Crippen LogP contribution in [0.4, 0.5) is 0 Å². The van der Waals surface area contributed by atoms with Crippen molar-refractivity contribution in [1.82, 2.24) is 0 Å². The number of benzene rings is 2. The molecule has 2 rings (SSSR count). The molecule has 0 bridgehead atoms. The summed E-state index contributed by atoms with van der Waals surface area (Å²) in [6.45, 7) is 0.470. The molecule has 0 aliphatic heterocycles. The van der Waals surface area contributed by atoms with Gasteiger partial charge in [-0.25, -0.2) is 0 Å². The van der Waals surface area contributed by atoms with Crippen LogP contribution in [0.15, 0.2) is 54.6 Å². The molecule has 0 amide bonds. The van der Waals surface area contributed by atoms with Crippen molar-refractivity contribution in [3.63, 3.8) is 0 Å².